The van der Waals surface area contributed by atoms with Crippen LogP contribution >= 0.6 is 0 Å². The zero-order valence-electron chi connectivity index (χ0n) is 10.5. The average molecular weight is 263 g/mol. The predicted molar refractivity (Wildman–Crippen MR) is 68.6 cm³/mol. The molecule has 3 N–H and O–H groups in total. The number of hydrogen-bond donors (Lipinski definition) is 3. The number of nitrogens with one attached hydrogen (secondary N) is 1. The van der Waals surface area contributed by atoms with Crippen LogP contribution in [0.4, 0.5) is 0 Å². The van der Waals surface area contributed by atoms with Crippen LogP contribution in [-0.4, -0.2) is 34.7 Å². The summed E-state index contributed by atoms with van der Waals surface area (Å²) >= 11 is 0. The molecule has 0 aromatic heterocycles. The minimum Gasteiger partial charge on any atom is -0.480 e. The van der Waals surface area contributed by atoms with E-state index >= 15 is 0 Å². The molecule has 0 bridgehead atoms. The quantitative estimate of drug-likeness (QED) is 0.706. The van der Waals surface area contributed by atoms with E-state index in [4.69, 9.17) is 10.2 Å². The normalized spacial score (nSPS) is 22.6. The van der Waals surface area contributed by atoms with Gasteiger partial charge in [0.2, 0.25) is 5.91 Å². The van der Waals surface area contributed by atoms with E-state index in [0.717, 1.165) is 12.0 Å². The van der Waals surface area contributed by atoms with Crippen molar-refractivity contribution in [2.24, 2.45) is 5.92 Å². The summed E-state index contributed by atoms with van der Waals surface area (Å²) in [6.07, 6.45) is 0.783. The summed E-state index contributed by atoms with van der Waals surface area (Å²) in [6.45, 7) is -0.260. The van der Waals surface area contributed by atoms with Crippen molar-refractivity contribution in [2.45, 2.75) is 24.8 Å². The highest BCUT2D eigenvalue weighted by molar-refractivity contribution is 5.87. The number of carbonyl (C=O) groups is 2. The summed E-state index contributed by atoms with van der Waals surface area (Å²) in [7, 11) is 0. The van der Waals surface area contributed by atoms with E-state index in [2.05, 4.69) is 5.32 Å². The molecule has 5 nitrogen and oxygen atoms in total. The van der Waals surface area contributed by atoms with Crippen LogP contribution in [0.1, 0.15) is 24.3 Å². The molecule has 1 aliphatic rings. The fraction of sp³-hybridized carbons (Fsp3) is 0.429. The van der Waals surface area contributed by atoms with Crippen molar-refractivity contribution >= 4 is 11.9 Å². The molecule has 3 atom stereocenters. The highest BCUT2D eigenvalue weighted by Gasteiger charge is 2.44. The van der Waals surface area contributed by atoms with Crippen molar-refractivity contribution in [3.05, 3.63) is 35.9 Å². The van der Waals surface area contributed by atoms with E-state index in [1.807, 2.05) is 30.3 Å². The number of carbonyl (C=O) groups excluding carboxylic acids is 1. The zero-order valence-corrected chi connectivity index (χ0v) is 10.5. The van der Waals surface area contributed by atoms with Gasteiger partial charge in [0.15, 0.2) is 0 Å². The second-order valence-corrected chi connectivity index (χ2v) is 4.77. The molecule has 0 aliphatic heterocycles. The number of amides is 1. The smallest absolute Gasteiger partial charge is 0.326 e. The topological polar surface area (TPSA) is 86.6 Å². The van der Waals surface area contributed by atoms with E-state index in [1.165, 1.54) is 0 Å². The Morgan fingerprint density at radius 1 is 1.32 bits per heavy atom. The van der Waals surface area contributed by atoms with E-state index in [9.17, 15) is 9.59 Å². The second kappa shape index (κ2) is 5.84. The van der Waals surface area contributed by atoms with Crippen molar-refractivity contribution in [1.82, 2.24) is 5.32 Å². The van der Waals surface area contributed by atoms with Crippen molar-refractivity contribution < 1.29 is 19.8 Å². The average Bonchev–Trinajstić information content (AvgIpc) is 3.19. The third-order valence-electron chi connectivity index (χ3n) is 3.39. The van der Waals surface area contributed by atoms with E-state index < -0.39 is 12.0 Å². The number of aliphatic carboxylic acids is 1. The van der Waals surface area contributed by atoms with Gasteiger partial charge in [-0.05, 0) is 17.9 Å². The molecule has 1 fully saturated rings. The van der Waals surface area contributed by atoms with Gasteiger partial charge in [0, 0.05) is 18.9 Å². The van der Waals surface area contributed by atoms with Crippen LogP contribution in [0.25, 0.3) is 0 Å². The lowest BCUT2D eigenvalue weighted by Crippen LogP contribution is -2.42. The SMILES string of the molecule is O=C(N[C@@H](CCO)C(=O)O)C1CC1c1ccccc1. The minimum atomic E-state index is -1.11. The van der Waals surface area contributed by atoms with Crippen LogP contribution in [0.5, 0.6) is 0 Å². The van der Waals surface area contributed by atoms with Gasteiger partial charge in [-0.3, -0.25) is 4.79 Å². The van der Waals surface area contributed by atoms with E-state index in [1.54, 1.807) is 0 Å². The maximum atomic E-state index is 11.9. The first-order chi connectivity index (χ1) is 9.13. The summed E-state index contributed by atoms with van der Waals surface area (Å²) in [6, 6.07) is 8.71. The molecular formula is C14H17NO4. The third kappa shape index (κ3) is 3.32. The van der Waals surface area contributed by atoms with Gasteiger partial charge in [0.25, 0.3) is 0 Å². The fourth-order valence-corrected chi connectivity index (χ4v) is 2.22. The molecule has 2 rings (SSSR count). The monoisotopic (exact) mass is 263 g/mol. The van der Waals surface area contributed by atoms with Gasteiger partial charge in [-0.25, -0.2) is 4.79 Å². The number of carboxylic acids is 1. The third-order valence-corrected chi connectivity index (χ3v) is 3.39. The van der Waals surface area contributed by atoms with Gasteiger partial charge in [-0.2, -0.15) is 0 Å². The van der Waals surface area contributed by atoms with Crippen LogP contribution in [0.2, 0.25) is 0 Å². The largest absolute Gasteiger partial charge is 0.480 e. The van der Waals surface area contributed by atoms with Gasteiger partial charge in [0.05, 0.1) is 0 Å². The Morgan fingerprint density at radius 3 is 2.58 bits per heavy atom. The Labute approximate surface area is 111 Å². The molecule has 1 saturated carbocycles. The van der Waals surface area contributed by atoms with Gasteiger partial charge >= 0.3 is 5.97 Å². The number of aliphatic hydroxyl groups excluding tert-OH is 1. The van der Waals surface area contributed by atoms with Crippen LogP contribution in [-0.2, 0) is 9.59 Å². The molecule has 1 amide bonds. The molecule has 5 heteroatoms. The standard InChI is InChI=1S/C14H17NO4/c16-7-6-12(14(18)19)15-13(17)11-8-10(11)9-4-2-1-3-5-9/h1-5,10-12,16H,6-8H2,(H,15,17)(H,18,19)/t10?,11?,12-/m0/s1. The molecule has 0 radical (unpaired) electrons. The van der Waals surface area contributed by atoms with Crippen LogP contribution in [0, 0.1) is 5.92 Å². The fourth-order valence-electron chi connectivity index (χ4n) is 2.22. The first-order valence-electron chi connectivity index (χ1n) is 6.32. The summed E-state index contributed by atoms with van der Waals surface area (Å²) in [4.78, 5) is 22.8. The maximum Gasteiger partial charge on any atom is 0.326 e. The minimum absolute atomic E-state index is 0.0315. The highest BCUT2D eigenvalue weighted by Crippen LogP contribution is 2.47. The number of aliphatic hydroxyl groups is 1. The van der Waals surface area contributed by atoms with Crippen molar-refractivity contribution in [3.63, 3.8) is 0 Å². The van der Waals surface area contributed by atoms with Crippen molar-refractivity contribution in [1.29, 1.82) is 0 Å². The summed E-state index contributed by atoms with van der Waals surface area (Å²) in [5.41, 5.74) is 1.11. The maximum absolute atomic E-state index is 11.9. The molecular weight excluding hydrogens is 246 g/mol. The lowest BCUT2D eigenvalue weighted by molar-refractivity contribution is -0.142. The van der Waals surface area contributed by atoms with Crippen LogP contribution in [0.3, 0.4) is 0 Å². The summed E-state index contributed by atoms with van der Waals surface area (Å²) in [5, 5.41) is 20.2. The molecule has 0 spiro atoms. The summed E-state index contributed by atoms with van der Waals surface area (Å²) in [5.74, 6) is -1.32. The number of hydrogen-bond acceptors (Lipinski definition) is 3. The predicted octanol–water partition coefficient (Wildman–Crippen LogP) is 0.742. The molecule has 1 aliphatic carbocycles. The Kier molecular flexibility index (Phi) is 4.16. The van der Waals surface area contributed by atoms with Gasteiger partial charge < -0.3 is 15.5 Å². The van der Waals surface area contributed by atoms with Gasteiger partial charge in [0.1, 0.15) is 6.04 Å². The second-order valence-electron chi connectivity index (χ2n) is 4.77. The highest BCUT2D eigenvalue weighted by atomic mass is 16.4. The van der Waals surface area contributed by atoms with E-state index in [-0.39, 0.29) is 30.8 Å². The molecule has 102 valence electrons. The number of benzene rings is 1. The summed E-state index contributed by atoms with van der Waals surface area (Å²) < 4.78 is 0. The van der Waals surface area contributed by atoms with Crippen molar-refractivity contribution in [3.8, 4) is 0 Å². The first kappa shape index (κ1) is 13.5. The molecule has 0 saturated heterocycles. The van der Waals surface area contributed by atoms with Gasteiger partial charge in [-0.15, -0.1) is 0 Å². The van der Waals surface area contributed by atoms with Gasteiger partial charge in [-0.1, -0.05) is 30.3 Å². The Bertz CT molecular complexity index is 460. The lowest BCUT2D eigenvalue weighted by Gasteiger charge is -2.13. The number of rotatable bonds is 6. The molecule has 2 unspecified atom stereocenters. The zero-order chi connectivity index (χ0) is 13.8. The molecule has 0 heterocycles. The first-order valence-corrected chi connectivity index (χ1v) is 6.32. The van der Waals surface area contributed by atoms with E-state index in [0.29, 0.717) is 0 Å². The van der Waals surface area contributed by atoms with Crippen LogP contribution in [0.15, 0.2) is 30.3 Å². The Balaban J connectivity index is 1.90. The van der Waals surface area contributed by atoms with Crippen LogP contribution < -0.4 is 5.32 Å². The molecule has 1 aromatic rings. The molecule has 19 heavy (non-hydrogen) atoms. The van der Waals surface area contributed by atoms with Crippen molar-refractivity contribution in [2.75, 3.05) is 6.61 Å². The number of carboxylic acid groups (broad SMARTS) is 1. The Morgan fingerprint density at radius 2 is 2.00 bits per heavy atom. The Hall–Kier alpha value is -1.88. The lowest BCUT2D eigenvalue weighted by atomic mass is 10.1. The molecule has 1 aromatic carbocycles.